The highest BCUT2D eigenvalue weighted by Gasteiger charge is 2.30. The van der Waals surface area contributed by atoms with Crippen molar-refractivity contribution in [1.82, 2.24) is 9.88 Å². The predicted octanol–water partition coefficient (Wildman–Crippen LogP) is 0.175. The second-order valence-electron chi connectivity index (χ2n) is 4.24. The molecule has 0 bridgehead atoms. The number of carboxylic acids is 1. The number of nitrogens with one attached hydrogen (secondary N) is 1. The molecule has 1 saturated heterocycles. The molecule has 2 rings (SSSR count). The Morgan fingerprint density at radius 3 is 3.11 bits per heavy atom. The molecule has 1 aliphatic rings. The Morgan fingerprint density at radius 2 is 2.47 bits per heavy atom. The smallest absolute Gasteiger partial charge is 0.323 e. The largest absolute Gasteiger partial charge is 0.480 e. The molecule has 1 unspecified atom stereocenters. The standard InChI is InChI=1S/C11H15N3O4S/c1-7-6-19-11(12-7)13-9(15)4-14-2-3-18-5-8(14)10(16)17/h6,8H,2-5H2,1H3,(H,16,17)(H,12,13,15). The topological polar surface area (TPSA) is 91.8 Å². The van der Waals surface area contributed by atoms with Crippen molar-refractivity contribution in [3.05, 3.63) is 11.1 Å². The minimum absolute atomic E-state index is 0.0267. The predicted molar refractivity (Wildman–Crippen MR) is 69.3 cm³/mol. The maximum Gasteiger partial charge on any atom is 0.323 e. The van der Waals surface area contributed by atoms with Crippen molar-refractivity contribution in [2.45, 2.75) is 13.0 Å². The van der Waals surface area contributed by atoms with Gasteiger partial charge in [0.2, 0.25) is 5.91 Å². The quantitative estimate of drug-likeness (QED) is 0.819. The summed E-state index contributed by atoms with van der Waals surface area (Å²) in [5, 5.41) is 14.1. The van der Waals surface area contributed by atoms with E-state index in [4.69, 9.17) is 9.84 Å². The van der Waals surface area contributed by atoms with Crippen LogP contribution in [0.2, 0.25) is 0 Å². The van der Waals surface area contributed by atoms with Crippen molar-refractivity contribution in [3.63, 3.8) is 0 Å². The number of morpholine rings is 1. The molecule has 8 heteroatoms. The number of ether oxygens (including phenoxy) is 1. The van der Waals surface area contributed by atoms with Crippen LogP contribution in [0, 0.1) is 6.92 Å². The van der Waals surface area contributed by atoms with Gasteiger partial charge in [-0.1, -0.05) is 0 Å². The van der Waals surface area contributed by atoms with Gasteiger partial charge in [-0.05, 0) is 6.92 Å². The average molecular weight is 285 g/mol. The number of amides is 1. The van der Waals surface area contributed by atoms with E-state index in [1.54, 1.807) is 4.90 Å². The molecular formula is C11H15N3O4S. The number of rotatable bonds is 4. The molecule has 0 radical (unpaired) electrons. The van der Waals surface area contributed by atoms with E-state index in [9.17, 15) is 9.59 Å². The third-order valence-electron chi connectivity index (χ3n) is 2.74. The lowest BCUT2D eigenvalue weighted by Gasteiger charge is -2.31. The number of hydrogen-bond donors (Lipinski definition) is 2. The Hall–Kier alpha value is -1.51. The van der Waals surface area contributed by atoms with Crippen LogP contribution in [0.4, 0.5) is 5.13 Å². The SMILES string of the molecule is Cc1csc(NC(=O)CN2CCOCC2C(=O)O)n1. The van der Waals surface area contributed by atoms with Crippen LogP contribution in [0.25, 0.3) is 0 Å². The zero-order chi connectivity index (χ0) is 13.8. The third-order valence-corrected chi connectivity index (χ3v) is 3.61. The van der Waals surface area contributed by atoms with Crippen molar-refractivity contribution in [2.24, 2.45) is 0 Å². The first kappa shape index (κ1) is 13.9. The number of nitrogens with zero attached hydrogens (tertiary/aromatic N) is 2. The van der Waals surface area contributed by atoms with E-state index in [1.807, 2.05) is 12.3 Å². The van der Waals surface area contributed by atoms with Crippen molar-refractivity contribution >= 4 is 28.3 Å². The second-order valence-corrected chi connectivity index (χ2v) is 5.10. The summed E-state index contributed by atoms with van der Waals surface area (Å²) in [6.07, 6.45) is 0. The Bertz CT molecular complexity index is 476. The molecular weight excluding hydrogens is 270 g/mol. The van der Waals surface area contributed by atoms with E-state index in [-0.39, 0.29) is 19.1 Å². The van der Waals surface area contributed by atoms with Gasteiger partial charge < -0.3 is 15.2 Å². The molecule has 104 valence electrons. The molecule has 1 amide bonds. The van der Waals surface area contributed by atoms with Crippen LogP contribution in [0.5, 0.6) is 0 Å². The number of anilines is 1. The Labute approximate surface area is 114 Å². The second kappa shape index (κ2) is 6.09. The van der Waals surface area contributed by atoms with E-state index in [0.29, 0.717) is 18.3 Å². The molecule has 0 aliphatic carbocycles. The van der Waals surface area contributed by atoms with Gasteiger partial charge in [0.25, 0.3) is 0 Å². The molecule has 19 heavy (non-hydrogen) atoms. The summed E-state index contributed by atoms with van der Waals surface area (Å²) in [7, 11) is 0. The van der Waals surface area contributed by atoms with E-state index in [1.165, 1.54) is 11.3 Å². The van der Waals surface area contributed by atoms with Gasteiger partial charge in [0, 0.05) is 11.9 Å². The minimum atomic E-state index is -0.974. The number of carbonyl (C=O) groups is 2. The van der Waals surface area contributed by atoms with Crippen molar-refractivity contribution in [3.8, 4) is 0 Å². The van der Waals surface area contributed by atoms with E-state index < -0.39 is 12.0 Å². The average Bonchev–Trinajstić information content (AvgIpc) is 2.75. The van der Waals surface area contributed by atoms with Crippen molar-refractivity contribution in [1.29, 1.82) is 0 Å². The van der Waals surface area contributed by atoms with Gasteiger partial charge in [-0.25, -0.2) is 4.98 Å². The fourth-order valence-electron chi connectivity index (χ4n) is 1.81. The fourth-order valence-corrected chi connectivity index (χ4v) is 2.51. The molecule has 1 atom stereocenters. The molecule has 1 aromatic heterocycles. The summed E-state index contributed by atoms with van der Waals surface area (Å²) in [5.74, 6) is -1.24. The van der Waals surface area contributed by atoms with Crippen molar-refractivity contribution in [2.75, 3.05) is 31.6 Å². The maximum absolute atomic E-state index is 11.8. The number of aryl methyl sites for hydroxylation is 1. The highest BCUT2D eigenvalue weighted by molar-refractivity contribution is 7.13. The van der Waals surface area contributed by atoms with E-state index in [2.05, 4.69) is 10.3 Å². The molecule has 2 N–H and O–H groups in total. The van der Waals surface area contributed by atoms with Gasteiger partial charge in [0.05, 0.1) is 25.5 Å². The number of aromatic nitrogens is 1. The number of aliphatic carboxylic acids is 1. The number of carbonyl (C=O) groups excluding carboxylic acids is 1. The molecule has 7 nitrogen and oxygen atoms in total. The molecule has 0 saturated carbocycles. The summed E-state index contributed by atoms with van der Waals surface area (Å²) < 4.78 is 5.11. The molecule has 1 aliphatic heterocycles. The van der Waals surface area contributed by atoms with Crippen LogP contribution in [0.15, 0.2) is 5.38 Å². The zero-order valence-electron chi connectivity index (χ0n) is 10.5. The highest BCUT2D eigenvalue weighted by atomic mass is 32.1. The van der Waals surface area contributed by atoms with Gasteiger partial charge in [0.1, 0.15) is 6.04 Å². The zero-order valence-corrected chi connectivity index (χ0v) is 11.3. The van der Waals surface area contributed by atoms with Crippen molar-refractivity contribution < 1.29 is 19.4 Å². The highest BCUT2D eigenvalue weighted by Crippen LogP contribution is 2.14. The van der Waals surface area contributed by atoms with Gasteiger partial charge in [-0.3, -0.25) is 14.5 Å². The summed E-state index contributed by atoms with van der Waals surface area (Å²) in [5.41, 5.74) is 0.843. The maximum atomic E-state index is 11.8. The summed E-state index contributed by atoms with van der Waals surface area (Å²) >= 11 is 1.34. The lowest BCUT2D eigenvalue weighted by molar-refractivity contribution is -0.150. The van der Waals surface area contributed by atoms with Crippen LogP contribution in [0.1, 0.15) is 5.69 Å². The molecule has 2 heterocycles. The molecule has 0 aromatic carbocycles. The van der Waals surface area contributed by atoms with Gasteiger partial charge in [-0.2, -0.15) is 0 Å². The van der Waals surface area contributed by atoms with Gasteiger partial charge in [-0.15, -0.1) is 11.3 Å². The number of thiazole rings is 1. The lowest BCUT2D eigenvalue weighted by Crippen LogP contribution is -2.52. The number of hydrogen-bond acceptors (Lipinski definition) is 6. The van der Waals surface area contributed by atoms with Gasteiger partial charge in [0.15, 0.2) is 5.13 Å². The van der Waals surface area contributed by atoms with Crippen LogP contribution >= 0.6 is 11.3 Å². The molecule has 0 spiro atoms. The minimum Gasteiger partial charge on any atom is -0.480 e. The van der Waals surface area contributed by atoms with Crippen LogP contribution < -0.4 is 5.32 Å². The lowest BCUT2D eigenvalue weighted by atomic mass is 10.2. The molecule has 1 aromatic rings. The summed E-state index contributed by atoms with van der Waals surface area (Å²) in [4.78, 5) is 28.6. The summed E-state index contributed by atoms with van der Waals surface area (Å²) in [6.45, 7) is 2.85. The first-order valence-corrected chi connectivity index (χ1v) is 6.71. The Kier molecular flexibility index (Phi) is 4.46. The summed E-state index contributed by atoms with van der Waals surface area (Å²) in [6, 6.07) is -0.766. The van der Waals surface area contributed by atoms with Crippen LogP contribution in [0.3, 0.4) is 0 Å². The van der Waals surface area contributed by atoms with Gasteiger partial charge >= 0.3 is 5.97 Å². The Balaban J connectivity index is 1.91. The molecule has 1 fully saturated rings. The third kappa shape index (κ3) is 3.72. The first-order chi connectivity index (χ1) is 9.06. The fraction of sp³-hybridized carbons (Fsp3) is 0.545. The first-order valence-electron chi connectivity index (χ1n) is 5.83. The normalized spacial score (nSPS) is 20.2. The Morgan fingerprint density at radius 1 is 1.68 bits per heavy atom. The van der Waals surface area contributed by atoms with Crippen LogP contribution in [-0.2, 0) is 14.3 Å². The number of carboxylic acid groups (broad SMARTS) is 1. The van der Waals surface area contributed by atoms with E-state index >= 15 is 0 Å². The monoisotopic (exact) mass is 285 g/mol. The van der Waals surface area contributed by atoms with E-state index in [0.717, 1.165) is 5.69 Å². The van der Waals surface area contributed by atoms with Crippen LogP contribution in [-0.4, -0.2) is 59.2 Å².